The Morgan fingerprint density at radius 2 is 1.72 bits per heavy atom. The summed E-state index contributed by atoms with van der Waals surface area (Å²) in [4.78, 5) is 23.8. The van der Waals surface area contributed by atoms with Crippen molar-refractivity contribution in [1.29, 1.82) is 0 Å². The molecule has 0 aliphatic heterocycles. The largest absolute Gasteiger partial charge is 0.484 e. The Balaban J connectivity index is 1.88. The Morgan fingerprint density at radius 1 is 1.03 bits per heavy atom. The second kappa shape index (κ2) is 8.82. The van der Waals surface area contributed by atoms with Crippen LogP contribution in [0.25, 0.3) is 0 Å². The van der Waals surface area contributed by atoms with Gasteiger partial charge in [0.05, 0.1) is 11.8 Å². The molecular formula is C17H16F3N3O5S. The zero-order valence-electron chi connectivity index (χ0n) is 14.9. The first-order valence-corrected chi connectivity index (χ1v) is 9.80. The average molecular weight is 431 g/mol. The zero-order chi connectivity index (χ0) is 21.7. The van der Waals surface area contributed by atoms with Gasteiger partial charge < -0.3 is 4.74 Å². The lowest BCUT2D eigenvalue weighted by Gasteiger charge is -2.11. The summed E-state index contributed by atoms with van der Waals surface area (Å²) in [5.41, 5.74) is 3.41. The van der Waals surface area contributed by atoms with Gasteiger partial charge in [0.1, 0.15) is 5.75 Å². The molecule has 0 heterocycles. The van der Waals surface area contributed by atoms with Gasteiger partial charge in [0.2, 0.25) is 10.0 Å². The molecule has 2 aromatic rings. The maximum atomic E-state index is 12.6. The van der Waals surface area contributed by atoms with Gasteiger partial charge in [0, 0.05) is 11.3 Å². The van der Waals surface area contributed by atoms with E-state index in [0.717, 1.165) is 24.5 Å². The molecule has 0 aliphatic carbocycles. The smallest absolute Gasteiger partial charge is 0.416 e. The molecule has 2 amide bonds. The molecule has 0 radical (unpaired) electrons. The first-order chi connectivity index (χ1) is 13.4. The minimum Gasteiger partial charge on any atom is -0.484 e. The van der Waals surface area contributed by atoms with E-state index in [1.807, 2.05) is 5.43 Å². The minimum absolute atomic E-state index is 0.0535. The molecule has 0 saturated heterocycles. The highest BCUT2D eigenvalue weighted by atomic mass is 32.2. The molecule has 0 saturated carbocycles. The van der Waals surface area contributed by atoms with Crippen LogP contribution in [-0.2, 0) is 21.0 Å². The summed E-state index contributed by atoms with van der Waals surface area (Å²) in [5.74, 6) is -1.73. The van der Waals surface area contributed by atoms with E-state index >= 15 is 0 Å². The zero-order valence-corrected chi connectivity index (χ0v) is 15.7. The fourth-order valence-corrected chi connectivity index (χ4v) is 2.64. The molecule has 0 spiro atoms. The van der Waals surface area contributed by atoms with E-state index in [2.05, 4.69) is 10.1 Å². The summed E-state index contributed by atoms with van der Waals surface area (Å²) >= 11 is 0. The van der Waals surface area contributed by atoms with E-state index in [4.69, 9.17) is 4.74 Å². The van der Waals surface area contributed by atoms with Crippen molar-refractivity contribution >= 4 is 27.5 Å². The van der Waals surface area contributed by atoms with Crippen LogP contribution < -0.4 is 20.3 Å². The highest BCUT2D eigenvalue weighted by Gasteiger charge is 2.30. The van der Waals surface area contributed by atoms with E-state index in [0.29, 0.717) is 0 Å². The highest BCUT2D eigenvalue weighted by molar-refractivity contribution is 7.92. The van der Waals surface area contributed by atoms with Gasteiger partial charge in [-0.15, -0.1) is 0 Å². The van der Waals surface area contributed by atoms with Gasteiger partial charge in [0.15, 0.2) is 6.61 Å². The Morgan fingerprint density at radius 3 is 2.38 bits per heavy atom. The predicted octanol–water partition coefficient (Wildman–Crippen LogP) is 1.92. The molecule has 156 valence electrons. The number of carbonyl (C=O) groups is 2. The summed E-state index contributed by atoms with van der Waals surface area (Å²) in [6.45, 7) is -0.642. The van der Waals surface area contributed by atoms with Crippen molar-refractivity contribution in [2.24, 2.45) is 0 Å². The summed E-state index contributed by atoms with van der Waals surface area (Å²) in [6.07, 6.45) is -3.60. The number of hydrazine groups is 1. The van der Waals surface area contributed by atoms with Crippen LogP contribution in [0.3, 0.4) is 0 Å². The molecule has 0 aliphatic rings. The number of benzene rings is 2. The molecule has 0 atom stereocenters. The van der Waals surface area contributed by atoms with Crippen molar-refractivity contribution in [3.05, 3.63) is 59.7 Å². The van der Waals surface area contributed by atoms with Crippen molar-refractivity contribution in [2.75, 3.05) is 17.6 Å². The number of halogens is 3. The molecule has 12 heteroatoms. The van der Waals surface area contributed by atoms with Crippen molar-refractivity contribution in [3.63, 3.8) is 0 Å². The molecule has 0 aromatic heterocycles. The van der Waals surface area contributed by atoms with Crippen molar-refractivity contribution in [2.45, 2.75) is 6.18 Å². The van der Waals surface area contributed by atoms with E-state index in [9.17, 15) is 31.2 Å². The topological polar surface area (TPSA) is 114 Å². The van der Waals surface area contributed by atoms with Crippen LogP contribution in [0.1, 0.15) is 15.9 Å². The summed E-state index contributed by atoms with van der Waals surface area (Å²) in [5, 5.41) is 0. The average Bonchev–Trinajstić information content (AvgIpc) is 2.63. The monoisotopic (exact) mass is 431 g/mol. The maximum absolute atomic E-state index is 12.6. The van der Waals surface area contributed by atoms with Gasteiger partial charge in [-0.05, 0) is 36.4 Å². The number of hydrogen-bond donors (Lipinski definition) is 3. The number of alkyl halides is 3. The number of carbonyl (C=O) groups excluding carboxylic acids is 2. The van der Waals surface area contributed by atoms with E-state index in [-0.39, 0.29) is 17.0 Å². The molecule has 2 rings (SSSR count). The van der Waals surface area contributed by atoms with Crippen LogP contribution in [0.5, 0.6) is 5.75 Å². The van der Waals surface area contributed by atoms with Gasteiger partial charge in [-0.3, -0.25) is 25.2 Å². The second-order valence-corrected chi connectivity index (χ2v) is 7.52. The third-order valence-corrected chi connectivity index (χ3v) is 3.88. The van der Waals surface area contributed by atoms with E-state index in [1.54, 1.807) is 0 Å². The number of rotatable bonds is 6. The Bertz CT molecular complexity index is 1010. The SMILES string of the molecule is CS(=O)(=O)Nc1cccc(C(=O)NNC(=O)COc2cccc(C(F)(F)F)c2)c1. The molecular weight excluding hydrogens is 415 g/mol. The first kappa shape index (κ1) is 22.0. The van der Waals surface area contributed by atoms with Gasteiger partial charge in [-0.25, -0.2) is 8.42 Å². The molecule has 2 aromatic carbocycles. The van der Waals surface area contributed by atoms with Crippen molar-refractivity contribution in [1.82, 2.24) is 10.9 Å². The Labute approximate surface area is 164 Å². The fourth-order valence-electron chi connectivity index (χ4n) is 2.08. The van der Waals surface area contributed by atoms with Crippen LogP contribution in [0, 0.1) is 0 Å². The fraction of sp³-hybridized carbons (Fsp3) is 0.176. The number of ether oxygens (including phenoxy) is 1. The highest BCUT2D eigenvalue weighted by Crippen LogP contribution is 2.31. The number of anilines is 1. The molecule has 0 fully saturated rings. The second-order valence-electron chi connectivity index (χ2n) is 5.77. The molecule has 3 N–H and O–H groups in total. The first-order valence-electron chi connectivity index (χ1n) is 7.91. The molecule has 0 bridgehead atoms. The molecule has 29 heavy (non-hydrogen) atoms. The molecule has 8 nitrogen and oxygen atoms in total. The van der Waals surface area contributed by atoms with Gasteiger partial charge in [0.25, 0.3) is 11.8 Å². The Kier molecular flexibility index (Phi) is 6.69. The maximum Gasteiger partial charge on any atom is 0.416 e. The van der Waals surface area contributed by atoms with Gasteiger partial charge in [-0.1, -0.05) is 12.1 Å². The third-order valence-electron chi connectivity index (χ3n) is 3.27. The van der Waals surface area contributed by atoms with Gasteiger partial charge in [-0.2, -0.15) is 13.2 Å². The quantitative estimate of drug-likeness (QED) is 0.605. The standard InChI is InChI=1S/C17H16F3N3O5S/c1-29(26,27)23-13-6-2-4-11(8-13)16(25)22-21-15(24)10-28-14-7-3-5-12(9-14)17(18,19)20/h2-9,23H,10H2,1H3,(H,21,24)(H,22,25). The van der Waals surface area contributed by atoms with Crippen LogP contribution in [-0.4, -0.2) is 33.1 Å². The van der Waals surface area contributed by atoms with E-state index < -0.39 is 40.2 Å². The lowest BCUT2D eigenvalue weighted by molar-refractivity contribution is -0.137. The molecule has 0 unspecified atom stereocenters. The van der Waals surface area contributed by atoms with Crippen LogP contribution in [0.2, 0.25) is 0 Å². The van der Waals surface area contributed by atoms with Crippen molar-refractivity contribution in [3.8, 4) is 5.75 Å². The summed E-state index contributed by atoms with van der Waals surface area (Å²) < 4.78 is 67.5. The number of nitrogens with one attached hydrogen (secondary N) is 3. The number of hydrogen-bond acceptors (Lipinski definition) is 5. The summed E-state index contributed by atoms with van der Waals surface area (Å²) in [6, 6.07) is 9.48. The van der Waals surface area contributed by atoms with E-state index in [1.165, 1.54) is 30.3 Å². The number of amides is 2. The van der Waals surface area contributed by atoms with Crippen LogP contribution in [0.15, 0.2) is 48.5 Å². The van der Waals surface area contributed by atoms with Gasteiger partial charge >= 0.3 is 6.18 Å². The van der Waals surface area contributed by atoms with Crippen LogP contribution in [0.4, 0.5) is 18.9 Å². The third kappa shape index (κ3) is 7.33. The normalized spacial score (nSPS) is 11.4. The minimum atomic E-state index is -4.55. The lowest BCUT2D eigenvalue weighted by atomic mass is 10.2. The lowest BCUT2D eigenvalue weighted by Crippen LogP contribution is -2.43. The predicted molar refractivity (Wildman–Crippen MR) is 97.5 cm³/mol. The Hall–Kier alpha value is -3.28. The summed E-state index contributed by atoms with van der Waals surface area (Å²) in [7, 11) is -3.53. The number of sulfonamides is 1. The van der Waals surface area contributed by atoms with Crippen molar-refractivity contribution < 1.29 is 35.9 Å². The van der Waals surface area contributed by atoms with Crippen LogP contribution >= 0.6 is 0 Å².